The molecule has 8 nitrogen and oxygen atoms in total. The van der Waals surface area contributed by atoms with Gasteiger partial charge in [0, 0.05) is 12.2 Å². The summed E-state index contributed by atoms with van der Waals surface area (Å²) < 4.78 is 11.5. The van der Waals surface area contributed by atoms with Gasteiger partial charge < -0.3 is 24.6 Å². The average molecular weight is 514 g/mol. The number of hydrogen-bond acceptors (Lipinski definition) is 6. The Kier molecular flexibility index (Phi) is 9.37. The molecule has 5 atom stereocenters. The molecule has 1 aromatic rings. The summed E-state index contributed by atoms with van der Waals surface area (Å²) in [4.78, 5) is 43.7. The number of likely N-dealkylation sites (tertiary alicyclic amines) is 2. The van der Waals surface area contributed by atoms with Crippen LogP contribution in [0.4, 0.5) is 0 Å². The predicted octanol–water partition coefficient (Wildman–Crippen LogP) is 3.00. The van der Waals surface area contributed by atoms with Crippen molar-refractivity contribution >= 4 is 17.6 Å². The number of piperidine rings is 1. The number of carbonyl (C=O) groups excluding carboxylic acids is 3. The molecule has 1 aromatic carbocycles. The minimum absolute atomic E-state index is 0.00692. The Balaban J connectivity index is 1.43. The molecule has 1 N–H and O–H groups in total. The van der Waals surface area contributed by atoms with Gasteiger partial charge in [-0.2, -0.15) is 0 Å². The van der Waals surface area contributed by atoms with E-state index in [4.69, 9.17) is 9.47 Å². The maximum absolute atomic E-state index is 13.7. The predicted molar refractivity (Wildman–Crippen MR) is 142 cm³/mol. The molecule has 0 spiro atoms. The van der Waals surface area contributed by atoms with Crippen molar-refractivity contribution in [2.45, 2.75) is 83.6 Å². The summed E-state index contributed by atoms with van der Waals surface area (Å²) in [5.41, 5.74) is 1.81. The quantitative estimate of drug-likeness (QED) is 0.518. The van der Waals surface area contributed by atoms with Crippen molar-refractivity contribution in [3.8, 4) is 0 Å². The van der Waals surface area contributed by atoms with Crippen LogP contribution in [0, 0.1) is 5.92 Å². The topological polar surface area (TPSA) is 88.2 Å². The highest BCUT2D eigenvalue weighted by molar-refractivity contribution is 5.99. The normalized spacial score (nSPS) is 26.2. The van der Waals surface area contributed by atoms with E-state index in [1.165, 1.54) is 12.0 Å². The second-order valence-corrected chi connectivity index (χ2v) is 10.7. The summed E-state index contributed by atoms with van der Waals surface area (Å²) in [7, 11) is 0. The Hall–Kier alpha value is -2.29. The molecular weight excluding hydrogens is 470 g/mol. The van der Waals surface area contributed by atoms with Crippen LogP contribution in [0.15, 0.2) is 24.3 Å². The third-order valence-electron chi connectivity index (χ3n) is 8.34. The van der Waals surface area contributed by atoms with Crippen LogP contribution >= 0.6 is 0 Å². The highest BCUT2D eigenvalue weighted by atomic mass is 16.6. The van der Waals surface area contributed by atoms with Crippen LogP contribution in [0.5, 0.6) is 0 Å². The Morgan fingerprint density at radius 2 is 1.84 bits per heavy atom. The van der Waals surface area contributed by atoms with Crippen molar-refractivity contribution in [2.75, 3.05) is 39.4 Å². The van der Waals surface area contributed by atoms with Crippen LogP contribution in [0.2, 0.25) is 0 Å². The summed E-state index contributed by atoms with van der Waals surface area (Å²) in [6.07, 6.45) is 3.41. The Labute approximate surface area is 221 Å². The van der Waals surface area contributed by atoms with E-state index in [2.05, 4.69) is 29.3 Å². The highest BCUT2D eigenvalue weighted by Crippen LogP contribution is 2.31. The monoisotopic (exact) mass is 513 g/mol. The molecule has 3 aliphatic rings. The first kappa shape index (κ1) is 27.7. The van der Waals surface area contributed by atoms with E-state index >= 15 is 0 Å². The van der Waals surface area contributed by atoms with E-state index in [-0.39, 0.29) is 36.2 Å². The maximum Gasteiger partial charge on any atom is 0.251 e. The second kappa shape index (κ2) is 12.5. The van der Waals surface area contributed by atoms with E-state index < -0.39 is 18.2 Å². The molecule has 3 heterocycles. The SMILES string of the molecule is CCCN1CCC(c2ccc(C(=O)N[C@H](C(=O)N3C[C@H](OCC)[C@H]4OCC(=O)[C@H]43)[C@@H](C)CC)cc2)CC1. The summed E-state index contributed by atoms with van der Waals surface area (Å²) in [5.74, 6) is -0.188. The first-order chi connectivity index (χ1) is 17.9. The van der Waals surface area contributed by atoms with Gasteiger partial charge in [-0.15, -0.1) is 0 Å². The Bertz CT molecular complexity index is 943. The number of hydrogen-bond donors (Lipinski definition) is 1. The van der Waals surface area contributed by atoms with Gasteiger partial charge in [0.15, 0.2) is 5.78 Å². The molecule has 0 saturated carbocycles. The molecule has 3 fully saturated rings. The maximum atomic E-state index is 13.7. The second-order valence-electron chi connectivity index (χ2n) is 10.7. The molecular formula is C29H43N3O5. The van der Waals surface area contributed by atoms with Gasteiger partial charge in [0.2, 0.25) is 5.91 Å². The van der Waals surface area contributed by atoms with Gasteiger partial charge in [-0.1, -0.05) is 39.3 Å². The fraction of sp³-hybridized carbons (Fsp3) is 0.690. The van der Waals surface area contributed by atoms with E-state index in [1.54, 1.807) is 4.90 Å². The van der Waals surface area contributed by atoms with E-state index in [1.807, 2.05) is 32.9 Å². The van der Waals surface area contributed by atoms with Crippen LogP contribution < -0.4 is 5.32 Å². The molecule has 8 heteroatoms. The van der Waals surface area contributed by atoms with Crippen molar-refractivity contribution in [1.82, 2.24) is 15.1 Å². The Morgan fingerprint density at radius 1 is 1.14 bits per heavy atom. The van der Waals surface area contributed by atoms with Crippen LogP contribution in [0.25, 0.3) is 0 Å². The van der Waals surface area contributed by atoms with Crippen molar-refractivity contribution in [2.24, 2.45) is 5.92 Å². The summed E-state index contributed by atoms with van der Waals surface area (Å²) in [6.45, 7) is 12.2. The molecule has 37 heavy (non-hydrogen) atoms. The summed E-state index contributed by atoms with van der Waals surface area (Å²) >= 11 is 0. The fourth-order valence-electron chi connectivity index (χ4n) is 6.00. The number of nitrogens with zero attached hydrogens (tertiary/aromatic N) is 2. The summed E-state index contributed by atoms with van der Waals surface area (Å²) in [5, 5.41) is 2.99. The number of carbonyl (C=O) groups is 3. The lowest BCUT2D eigenvalue weighted by atomic mass is 9.89. The van der Waals surface area contributed by atoms with Crippen molar-refractivity contribution in [3.05, 3.63) is 35.4 Å². The molecule has 3 saturated heterocycles. The third-order valence-corrected chi connectivity index (χ3v) is 8.34. The molecule has 204 valence electrons. The van der Waals surface area contributed by atoms with Crippen molar-refractivity contribution in [1.29, 1.82) is 0 Å². The van der Waals surface area contributed by atoms with E-state index in [0.29, 0.717) is 31.1 Å². The zero-order chi connectivity index (χ0) is 26.5. The molecule has 0 unspecified atom stereocenters. The van der Waals surface area contributed by atoms with Gasteiger partial charge in [0.25, 0.3) is 5.91 Å². The molecule has 3 aliphatic heterocycles. The minimum atomic E-state index is -0.727. The molecule has 0 bridgehead atoms. The number of ketones is 1. The van der Waals surface area contributed by atoms with Crippen LogP contribution in [-0.4, -0.2) is 91.1 Å². The average Bonchev–Trinajstić information content (AvgIpc) is 3.48. The lowest BCUT2D eigenvalue weighted by molar-refractivity contribution is -0.139. The minimum Gasteiger partial charge on any atom is -0.374 e. The van der Waals surface area contributed by atoms with Crippen molar-refractivity contribution < 1.29 is 23.9 Å². The van der Waals surface area contributed by atoms with E-state index in [9.17, 15) is 14.4 Å². The number of nitrogens with one attached hydrogen (secondary N) is 1. The smallest absolute Gasteiger partial charge is 0.251 e. The van der Waals surface area contributed by atoms with E-state index in [0.717, 1.165) is 32.5 Å². The standard InChI is InChI=1S/C29H43N3O5/c1-5-14-31-15-12-21(13-16-31)20-8-10-22(11-9-20)28(34)30-25(19(4)6-2)29(35)32-17-24(36-7-3)27-26(32)23(33)18-37-27/h8-11,19,21,24-27H,5-7,12-18H2,1-4H3,(H,30,34)/t19-,24-,25-,26+,27+/m0/s1. The first-order valence-electron chi connectivity index (χ1n) is 14.1. The van der Waals surface area contributed by atoms with Gasteiger partial charge in [-0.25, -0.2) is 0 Å². The zero-order valence-corrected chi connectivity index (χ0v) is 22.8. The van der Waals surface area contributed by atoms with Crippen LogP contribution in [0.3, 0.4) is 0 Å². The number of amides is 2. The van der Waals surface area contributed by atoms with Crippen molar-refractivity contribution in [3.63, 3.8) is 0 Å². The largest absolute Gasteiger partial charge is 0.374 e. The van der Waals surface area contributed by atoms with Gasteiger partial charge in [-0.3, -0.25) is 14.4 Å². The first-order valence-corrected chi connectivity index (χ1v) is 14.1. The zero-order valence-electron chi connectivity index (χ0n) is 22.8. The third kappa shape index (κ3) is 6.07. The molecule has 4 rings (SSSR count). The van der Waals surface area contributed by atoms with Crippen LogP contribution in [-0.2, 0) is 19.1 Å². The fourth-order valence-corrected chi connectivity index (χ4v) is 6.00. The lowest BCUT2D eigenvalue weighted by Crippen LogP contribution is -2.54. The Morgan fingerprint density at radius 3 is 2.46 bits per heavy atom. The summed E-state index contributed by atoms with van der Waals surface area (Å²) in [6, 6.07) is 6.48. The molecule has 0 radical (unpaired) electrons. The van der Waals surface area contributed by atoms with Gasteiger partial charge in [0.05, 0.1) is 6.54 Å². The van der Waals surface area contributed by atoms with Gasteiger partial charge >= 0.3 is 0 Å². The number of rotatable bonds is 10. The molecule has 0 aromatic heterocycles. The molecule has 0 aliphatic carbocycles. The number of benzene rings is 1. The highest BCUT2D eigenvalue weighted by Gasteiger charge is 2.54. The molecule has 2 amide bonds. The van der Waals surface area contributed by atoms with Gasteiger partial charge in [0.1, 0.15) is 30.9 Å². The number of Topliss-reactive ketones (excluding diaryl/α,β-unsaturated/α-hetero) is 1. The lowest BCUT2D eigenvalue weighted by Gasteiger charge is -2.32. The van der Waals surface area contributed by atoms with Crippen LogP contribution in [0.1, 0.15) is 75.2 Å². The number of ether oxygens (including phenoxy) is 2. The van der Waals surface area contributed by atoms with Gasteiger partial charge in [-0.05, 0) is 75.4 Å². The number of fused-ring (bicyclic) bond motifs is 1.